The number of hydrogen-bond donors (Lipinski definition) is 0. The van der Waals surface area contributed by atoms with Gasteiger partial charge in [0.05, 0.1) is 5.92 Å². The highest BCUT2D eigenvalue weighted by Gasteiger charge is 2.35. The number of nitrogens with zero attached hydrogens (tertiary/aromatic N) is 2. The van der Waals surface area contributed by atoms with Crippen LogP contribution in [0.4, 0.5) is 0 Å². The van der Waals surface area contributed by atoms with Gasteiger partial charge in [0.25, 0.3) is 10.0 Å². The molecule has 1 amide bonds. The molecular weight excluding hydrogens is 344 g/mol. The van der Waals surface area contributed by atoms with E-state index in [9.17, 15) is 13.2 Å². The largest absolute Gasteiger partial charge is 0.342 e. The standard InChI is InChI=1S/C17H28N2O3S2/c1-4-10-18(11-5-2)17(20)15-7-6-12-19(13-15)24(21,22)16-9-8-14(3)23-16/h8-9,15H,4-7,10-13H2,1-3H3. The fourth-order valence-corrected chi connectivity index (χ4v) is 6.13. The Balaban J connectivity index is 2.12. The second-order valence-electron chi connectivity index (χ2n) is 6.39. The van der Waals surface area contributed by atoms with E-state index in [0.717, 1.165) is 43.6 Å². The first-order valence-corrected chi connectivity index (χ1v) is 11.0. The van der Waals surface area contributed by atoms with Crippen molar-refractivity contribution in [2.45, 2.75) is 50.7 Å². The average Bonchev–Trinajstić information content (AvgIpc) is 3.01. The minimum absolute atomic E-state index is 0.112. The second-order valence-corrected chi connectivity index (χ2v) is 9.85. The Morgan fingerprint density at radius 3 is 2.50 bits per heavy atom. The van der Waals surface area contributed by atoms with Gasteiger partial charge >= 0.3 is 0 Å². The van der Waals surface area contributed by atoms with E-state index < -0.39 is 10.0 Å². The minimum Gasteiger partial charge on any atom is -0.342 e. The van der Waals surface area contributed by atoms with Crippen LogP contribution in [0.25, 0.3) is 0 Å². The number of carbonyl (C=O) groups is 1. The summed E-state index contributed by atoms with van der Waals surface area (Å²) in [6, 6.07) is 3.50. The molecule has 1 aliphatic rings. The van der Waals surface area contributed by atoms with E-state index in [2.05, 4.69) is 13.8 Å². The number of hydrogen-bond acceptors (Lipinski definition) is 4. The maximum Gasteiger partial charge on any atom is 0.252 e. The molecule has 0 aromatic carbocycles. The molecule has 1 aliphatic heterocycles. The normalized spacial score (nSPS) is 19.4. The molecule has 0 bridgehead atoms. The molecule has 1 aromatic rings. The fourth-order valence-electron chi connectivity index (χ4n) is 3.17. The summed E-state index contributed by atoms with van der Waals surface area (Å²) >= 11 is 1.30. The summed E-state index contributed by atoms with van der Waals surface area (Å²) in [6.45, 7) is 8.34. The van der Waals surface area contributed by atoms with Crippen molar-refractivity contribution in [1.29, 1.82) is 0 Å². The maximum atomic E-state index is 12.8. The molecule has 136 valence electrons. The first-order chi connectivity index (χ1) is 11.4. The molecule has 1 unspecified atom stereocenters. The first kappa shape index (κ1) is 19.4. The molecule has 0 saturated carbocycles. The molecule has 24 heavy (non-hydrogen) atoms. The van der Waals surface area contributed by atoms with Gasteiger partial charge in [0.2, 0.25) is 5.91 Å². The maximum absolute atomic E-state index is 12.8. The van der Waals surface area contributed by atoms with Crippen LogP contribution in [0.3, 0.4) is 0 Å². The summed E-state index contributed by atoms with van der Waals surface area (Å²) in [7, 11) is -3.48. The van der Waals surface area contributed by atoms with Gasteiger partial charge < -0.3 is 4.90 Å². The van der Waals surface area contributed by atoms with Crippen LogP contribution in [-0.2, 0) is 14.8 Å². The number of aryl methyl sites for hydroxylation is 1. The van der Waals surface area contributed by atoms with Gasteiger partial charge in [-0.3, -0.25) is 4.79 Å². The van der Waals surface area contributed by atoms with Crippen molar-refractivity contribution >= 4 is 27.3 Å². The zero-order valence-corrected chi connectivity index (χ0v) is 16.5. The Labute approximate surface area is 149 Å². The zero-order valence-electron chi connectivity index (χ0n) is 14.8. The van der Waals surface area contributed by atoms with Crippen LogP contribution in [0.15, 0.2) is 16.3 Å². The number of sulfonamides is 1. The van der Waals surface area contributed by atoms with E-state index in [-0.39, 0.29) is 11.8 Å². The quantitative estimate of drug-likeness (QED) is 0.739. The number of thiophene rings is 1. The average molecular weight is 373 g/mol. The summed E-state index contributed by atoms with van der Waals surface area (Å²) in [4.78, 5) is 15.7. The van der Waals surface area contributed by atoms with Crippen LogP contribution >= 0.6 is 11.3 Å². The Bertz CT molecular complexity index is 649. The van der Waals surface area contributed by atoms with Crippen LogP contribution in [0, 0.1) is 12.8 Å². The summed E-state index contributed by atoms with van der Waals surface area (Å²) in [5, 5.41) is 0. The topological polar surface area (TPSA) is 57.7 Å². The van der Waals surface area contributed by atoms with Crippen LogP contribution in [0.1, 0.15) is 44.4 Å². The Morgan fingerprint density at radius 1 is 1.29 bits per heavy atom. The number of carbonyl (C=O) groups excluding carboxylic acids is 1. The molecule has 2 heterocycles. The SMILES string of the molecule is CCCN(CCC)C(=O)C1CCCN(S(=O)(=O)c2ccc(C)s2)C1. The smallest absolute Gasteiger partial charge is 0.252 e. The molecule has 7 heteroatoms. The van der Waals surface area contributed by atoms with E-state index >= 15 is 0 Å². The highest BCUT2D eigenvalue weighted by molar-refractivity contribution is 7.91. The van der Waals surface area contributed by atoms with E-state index in [1.807, 2.05) is 17.9 Å². The van der Waals surface area contributed by atoms with E-state index in [1.54, 1.807) is 6.07 Å². The monoisotopic (exact) mass is 372 g/mol. The molecule has 5 nitrogen and oxygen atoms in total. The fraction of sp³-hybridized carbons (Fsp3) is 0.706. The van der Waals surface area contributed by atoms with Crippen molar-refractivity contribution in [1.82, 2.24) is 9.21 Å². The number of amides is 1. The predicted molar refractivity (Wildman–Crippen MR) is 97.7 cm³/mol. The van der Waals surface area contributed by atoms with Gasteiger partial charge in [0, 0.05) is 31.1 Å². The first-order valence-electron chi connectivity index (χ1n) is 8.75. The lowest BCUT2D eigenvalue weighted by Gasteiger charge is -2.34. The molecule has 0 spiro atoms. The van der Waals surface area contributed by atoms with Crippen LogP contribution in [-0.4, -0.2) is 49.7 Å². The highest BCUT2D eigenvalue weighted by atomic mass is 32.2. The Morgan fingerprint density at radius 2 is 1.96 bits per heavy atom. The predicted octanol–water partition coefficient (Wildman–Crippen LogP) is 3.11. The summed E-state index contributed by atoms with van der Waals surface area (Å²) in [5.74, 6) is -0.103. The highest BCUT2D eigenvalue weighted by Crippen LogP contribution is 2.28. The van der Waals surface area contributed by atoms with Gasteiger partial charge in [-0.25, -0.2) is 8.42 Å². The molecule has 0 aliphatic carbocycles. The summed E-state index contributed by atoms with van der Waals surface area (Å²) < 4.78 is 27.5. The second kappa shape index (κ2) is 8.45. The van der Waals surface area contributed by atoms with Crippen molar-refractivity contribution in [2.24, 2.45) is 5.92 Å². The molecule has 2 rings (SSSR count). The molecule has 1 fully saturated rings. The molecular formula is C17H28N2O3S2. The summed E-state index contributed by atoms with van der Waals surface area (Å²) in [6.07, 6.45) is 3.37. The zero-order chi connectivity index (χ0) is 17.7. The lowest BCUT2D eigenvalue weighted by molar-refractivity contribution is -0.136. The van der Waals surface area contributed by atoms with Crippen LogP contribution < -0.4 is 0 Å². The van der Waals surface area contributed by atoms with Crippen LogP contribution in [0.5, 0.6) is 0 Å². The number of piperidine rings is 1. The molecule has 1 aromatic heterocycles. The van der Waals surface area contributed by atoms with E-state index in [0.29, 0.717) is 17.3 Å². The van der Waals surface area contributed by atoms with E-state index in [4.69, 9.17) is 0 Å². The minimum atomic E-state index is -3.48. The Kier molecular flexibility index (Phi) is 6.83. The van der Waals surface area contributed by atoms with Crippen molar-refractivity contribution < 1.29 is 13.2 Å². The lowest BCUT2D eigenvalue weighted by atomic mass is 9.98. The molecule has 0 N–H and O–H groups in total. The lowest BCUT2D eigenvalue weighted by Crippen LogP contribution is -2.47. The van der Waals surface area contributed by atoms with Crippen molar-refractivity contribution in [3.63, 3.8) is 0 Å². The van der Waals surface area contributed by atoms with Crippen molar-refractivity contribution in [3.05, 3.63) is 17.0 Å². The molecule has 1 atom stereocenters. The third kappa shape index (κ3) is 4.37. The Hall–Kier alpha value is -0.920. The summed E-state index contributed by atoms with van der Waals surface area (Å²) in [5.41, 5.74) is 0. The third-order valence-corrected chi connectivity index (χ3v) is 7.68. The van der Waals surface area contributed by atoms with Gasteiger partial charge in [-0.15, -0.1) is 11.3 Å². The van der Waals surface area contributed by atoms with Crippen molar-refractivity contribution in [3.8, 4) is 0 Å². The van der Waals surface area contributed by atoms with Gasteiger partial charge in [-0.2, -0.15) is 4.31 Å². The van der Waals surface area contributed by atoms with Gasteiger partial charge in [-0.1, -0.05) is 13.8 Å². The molecule has 1 saturated heterocycles. The van der Waals surface area contributed by atoms with Crippen molar-refractivity contribution in [2.75, 3.05) is 26.2 Å². The molecule has 0 radical (unpaired) electrons. The van der Waals surface area contributed by atoms with E-state index in [1.165, 1.54) is 15.6 Å². The number of rotatable bonds is 7. The van der Waals surface area contributed by atoms with Crippen LogP contribution in [0.2, 0.25) is 0 Å². The third-order valence-electron chi connectivity index (χ3n) is 4.34. The van der Waals surface area contributed by atoms with Gasteiger partial charge in [0.15, 0.2) is 0 Å². The van der Waals surface area contributed by atoms with Gasteiger partial charge in [0.1, 0.15) is 4.21 Å². The van der Waals surface area contributed by atoms with Gasteiger partial charge in [-0.05, 0) is 44.7 Å².